The van der Waals surface area contributed by atoms with Crippen molar-refractivity contribution >= 4 is 46.9 Å². The summed E-state index contributed by atoms with van der Waals surface area (Å²) in [6, 6.07) is 10.8. The number of nitrogens with one attached hydrogen (secondary N) is 3. The summed E-state index contributed by atoms with van der Waals surface area (Å²) in [6.07, 6.45) is 0.706. The van der Waals surface area contributed by atoms with Crippen LogP contribution in [0.15, 0.2) is 48.8 Å². The van der Waals surface area contributed by atoms with Gasteiger partial charge < -0.3 is 20.1 Å². The molecule has 15 heteroatoms. The SMILES string of the molecule is COC(=O)Nc1ccc(-c2nc(C(CC(=O)O)NC(=O)CCc3cc(Cl)ccc3-n3cnnn3)[nH]c2Cl)cc1. The molecule has 0 saturated heterocycles. The Bertz CT molecular complexity index is 1470. The molecule has 2 aromatic carbocycles. The number of carbonyl (C=O) groups excluding carboxylic acids is 2. The van der Waals surface area contributed by atoms with E-state index in [1.54, 1.807) is 42.5 Å². The molecule has 13 nitrogen and oxygen atoms in total. The Balaban J connectivity index is 1.48. The number of imidazole rings is 1. The number of aromatic amines is 1. The number of carboxylic acids is 1. The predicted octanol–water partition coefficient (Wildman–Crippen LogP) is 3.80. The fourth-order valence-electron chi connectivity index (χ4n) is 3.76. The summed E-state index contributed by atoms with van der Waals surface area (Å²) < 4.78 is 6.03. The lowest BCUT2D eigenvalue weighted by molar-refractivity contribution is -0.137. The van der Waals surface area contributed by atoms with Gasteiger partial charge in [-0.2, -0.15) is 0 Å². The van der Waals surface area contributed by atoms with Gasteiger partial charge >= 0.3 is 12.1 Å². The van der Waals surface area contributed by atoms with Crippen LogP contribution in [0.3, 0.4) is 0 Å². The van der Waals surface area contributed by atoms with Crippen LogP contribution in [-0.4, -0.2) is 60.4 Å². The van der Waals surface area contributed by atoms with Gasteiger partial charge in [-0.15, -0.1) is 5.10 Å². The van der Waals surface area contributed by atoms with E-state index in [1.807, 2.05) is 0 Å². The van der Waals surface area contributed by atoms with Crippen LogP contribution >= 0.6 is 23.2 Å². The van der Waals surface area contributed by atoms with Gasteiger partial charge in [-0.25, -0.2) is 14.5 Å². The van der Waals surface area contributed by atoms with E-state index in [0.717, 1.165) is 5.56 Å². The van der Waals surface area contributed by atoms with Crippen LogP contribution in [0, 0.1) is 0 Å². The third-order valence-electron chi connectivity index (χ3n) is 5.57. The first-order valence-corrected chi connectivity index (χ1v) is 12.2. The molecule has 0 saturated carbocycles. The van der Waals surface area contributed by atoms with E-state index in [9.17, 15) is 19.5 Å². The number of aromatic nitrogens is 6. The molecule has 4 rings (SSSR count). The van der Waals surface area contributed by atoms with Gasteiger partial charge in [0.25, 0.3) is 0 Å². The minimum atomic E-state index is -1.14. The molecule has 4 N–H and O–H groups in total. The fraction of sp³-hybridized carbons (Fsp3) is 0.208. The molecule has 1 atom stereocenters. The van der Waals surface area contributed by atoms with Crippen molar-refractivity contribution in [1.82, 2.24) is 35.5 Å². The van der Waals surface area contributed by atoms with Crippen molar-refractivity contribution in [1.29, 1.82) is 0 Å². The predicted molar refractivity (Wildman–Crippen MR) is 141 cm³/mol. The molecule has 202 valence electrons. The van der Waals surface area contributed by atoms with Gasteiger partial charge in [-0.1, -0.05) is 35.3 Å². The summed E-state index contributed by atoms with van der Waals surface area (Å²) in [4.78, 5) is 43.1. The molecule has 2 aromatic heterocycles. The van der Waals surface area contributed by atoms with E-state index in [2.05, 4.69) is 40.9 Å². The molecule has 0 bridgehead atoms. The van der Waals surface area contributed by atoms with Gasteiger partial charge in [-0.3, -0.25) is 14.9 Å². The second-order valence-electron chi connectivity index (χ2n) is 8.22. The zero-order valence-corrected chi connectivity index (χ0v) is 21.9. The molecule has 0 spiro atoms. The summed E-state index contributed by atoms with van der Waals surface area (Å²) in [5.74, 6) is -1.36. The highest BCUT2D eigenvalue weighted by atomic mass is 35.5. The van der Waals surface area contributed by atoms with Gasteiger partial charge in [0.2, 0.25) is 5.91 Å². The van der Waals surface area contributed by atoms with Gasteiger partial charge in [0, 0.05) is 22.7 Å². The Kier molecular flexibility index (Phi) is 8.74. The third kappa shape index (κ3) is 7.09. The summed E-state index contributed by atoms with van der Waals surface area (Å²) >= 11 is 12.5. The number of aliphatic carboxylic acids is 1. The largest absolute Gasteiger partial charge is 0.481 e. The van der Waals surface area contributed by atoms with E-state index < -0.39 is 30.4 Å². The number of halogens is 2. The average Bonchev–Trinajstić information content (AvgIpc) is 3.57. The maximum Gasteiger partial charge on any atom is 0.411 e. The number of ether oxygens (including phenoxy) is 1. The van der Waals surface area contributed by atoms with Crippen molar-refractivity contribution in [2.24, 2.45) is 0 Å². The fourth-order valence-corrected chi connectivity index (χ4v) is 4.20. The first-order chi connectivity index (χ1) is 18.7. The van der Waals surface area contributed by atoms with Gasteiger partial charge in [0.1, 0.15) is 23.0 Å². The summed E-state index contributed by atoms with van der Waals surface area (Å²) in [5.41, 5.74) is 2.85. The molecule has 0 fully saturated rings. The summed E-state index contributed by atoms with van der Waals surface area (Å²) in [5, 5.41) is 26.5. The molecule has 39 heavy (non-hydrogen) atoms. The average molecular weight is 573 g/mol. The number of anilines is 1. The van der Waals surface area contributed by atoms with Crippen molar-refractivity contribution in [2.75, 3.05) is 12.4 Å². The third-order valence-corrected chi connectivity index (χ3v) is 6.08. The second-order valence-corrected chi connectivity index (χ2v) is 9.04. The number of H-pyrrole nitrogens is 1. The standard InChI is InChI=1S/C24H22Cl2N8O5/c1-39-24(38)28-16-6-2-13(3-7-16)21-22(26)31-23(30-21)17(11-20(36)37)29-19(35)9-4-14-10-15(25)5-8-18(14)34-12-27-32-33-34/h2-3,5-8,10,12,17H,4,9,11H2,1H3,(H,28,38)(H,29,35)(H,30,31)(H,36,37). The topological polar surface area (TPSA) is 177 Å². The van der Waals surface area contributed by atoms with E-state index in [4.69, 9.17) is 23.2 Å². The zero-order chi connectivity index (χ0) is 27.9. The lowest BCUT2D eigenvalue weighted by atomic mass is 10.1. The number of carbonyl (C=O) groups is 3. The van der Waals surface area contributed by atoms with Gasteiger partial charge in [0.05, 0.1) is 25.3 Å². The molecule has 0 aliphatic carbocycles. The Labute approximate surface area is 231 Å². The molecule has 0 radical (unpaired) electrons. The molecular formula is C24H22Cl2N8O5. The van der Waals surface area contributed by atoms with Crippen LogP contribution in [0.4, 0.5) is 10.5 Å². The number of nitrogens with zero attached hydrogens (tertiary/aromatic N) is 5. The number of amides is 2. The highest BCUT2D eigenvalue weighted by molar-refractivity contribution is 6.32. The quantitative estimate of drug-likeness (QED) is 0.220. The van der Waals surface area contributed by atoms with Gasteiger partial charge in [-0.05, 0) is 52.7 Å². The Morgan fingerprint density at radius 3 is 2.59 bits per heavy atom. The maximum absolute atomic E-state index is 12.9. The van der Waals surface area contributed by atoms with Crippen LogP contribution in [0.2, 0.25) is 10.2 Å². The van der Waals surface area contributed by atoms with E-state index >= 15 is 0 Å². The number of hydrogen-bond acceptors (Lipinski definition) is 8. The first kappa shape index (κ1) is 27.5. The Hall–Kier alpha value is -4.49. The smallest absolute Gasteiger partial charge is 0.411 e. The number of benzene rings is 2. The molecule has 2 heterocycles. The Morgan fingerprint density at radius 2 is 1.92 bits per heavy atom. The minimum absolute atomic E-state index is 0.0293. The molecule has 2 amide bonds. The van der Waals surface area contributed by atoms with Crippen molar-refractivity contribution in [3.63, 3.8) is 0 Å². The van der Waals surface area contributed by atoms with E-state index in [0.29, 0.717) is 27.7 Å². The van der Waals surface area contributed by atoms with Crippen molar-refractivity contribution in [2.45, 2.75) is 25.3 Å². The van der Waals surface area contributed by atoms with Crippen LogP contribution in [0.25, 0.3) is 16.9 Å². The maximum atomic E-state index is 12.9. The Morgan fingerprint density at radius 1 is 1.15 bits per heavy atom. The van der Waals surface area contributed by atoms with Crippen LogP contribution in [-0.2, 0) is 20.7 Å². The molecule has 0 aliphatic rings. The highest BCUT2D eigenvalue weighted by Crippen LogP contribution is 2.29. The molecule has 0 aliphatic heterocycles. The van der Waals surface area contributed by atoms with Crippen LogP contribution < -0.4 is 10.6 Å². The van der Waals surface area contributed by atoms with Gasteiger partial charge in [0.15, 0.2) is 0 Å². The first-order valence-electron chi connectivity index (χ1n) is 11.5. The lowest BCUT2D eigenvalue weighted by Crippen LogP contribution is -2.31. The normalized spacial score (nSPS) is 11.6. The number of carboxylic acid groups (broad SMARTS) is 1. The number of aryl methyl sites for hydroxylation is 1. The van der Waals surface area contributed by atoms with Crippen LogP contribution in [0.5, 0.6) is 0 Å². The monoisotopic (exact) mass is 572 g/mol. The van der Waals surface area contributed by atoms with E-state index in [-0.39, 0.29) is 23.8 Å². The molecule has 4 aromatic rings. The van der Waals surface area contributed by atoms with Crippen molar-refractivity contribution in [3.05, 3.63) is 70.4 Å². The highest BCUT2D eigenvalue weighted by Gasteiger charge is 2.24. The minimum Gasteiger partial charge on any atom is -0.481 e. The summed E-state index contributed by atoms with van der Waals surface area (Å²) in [7, 11) is 1.26. The molecule has 1 unspecified atom stereocenters. The second kappa shape index (κ2) is 12.4. The molecular weight excluding hydrogens is 551 g/mol. The van der Waals surface area contributed by atoms with E-state index in [1.165, 1.54) is 18.1 Å². The number of hydrogen-bond donors (Lipinski definition) is 4. The number of methoxy groups -OCH3 is 1. The van der Waals surface area contributed by atoms with Crippen molar-refractivity contribution in [3.8, 4) is 16.9 Å². The lowest BCUT2D eigenvalue weighted by Gasteiger charge is -2.15. The van der Waals surface area contributed by atoms with Crippen LogP contribution in [0.1, 0.15) is 30.3 Å². The number of rotatable bonds is 10. The zero-order valence-electron chi connectivity index (χ0n) is 20.4. The van der Waals surface area contributed by atoms with Crippen molar-refractivity contribution < 1.29 is 24.2 Å². The number of tetrazole rings is 1. The summed E-state index contributed by atoms with van der Waals surface area (Å²) in [6.45, 7) is 0.